The standard InChI is InChI=1S/C20H20N6O3S/c1-29-17-9-4-3-8-16(17)25-12-13(10-18(25)27)19(28)21-14-6-5-7-15(11-14)26-20(30-2)22-23-24-26/h3-9,11,13H,10,12H2,1-2H3,(H,21,28). The average molecular weight is 424 g/mol. The molecule has 0 spiro atoms. The molecule has 2 aromatic carbocycles. The molecule has 1 saturated heterocycles. The Hall–Kier alpha value is -3.40. The molecule has 4 rings (SSSR count). The second-order valence-corrected chi connectivity index (χ2v) is 7.47. The number of tetrazole rings is 1. The van der Waals surface area contributed by atoms with Crippen molar-refractivity contribution in [3.8, 4) is 11.4 Å². The van der Waals surface area contributed by atoms with Crippen molar-refractivity contribution in [2.24, 2.45) is 5.92 Å². The van der Waals surface area contributed by atoms with E-state index in [0.29, 0.717) is 28.8 Å². The number of amides is 2. The summed E-state index contributed by atoms with van der Waals surface area (Å²) in [5.74, 6) is -0.169. The number of ether oxygens (including phenoxy) is 1. The third kappa shape index (κ3) is 3.86. The molecule has 1 atom stereocenters. The number of hydrogen-bond acceptors (Lipinski definition) is 7. The van der Waals surface area contributed by atoms with Gasteiger partial charge in [0, 0.05) is 18.7 Å². The minimum atomic E-state index is -0.458. The molecule has 1 aliphatic rings. The summed E-state index contributed by atoms with van der Waals surface area (Å²) < 4.78 is 6.95. The first-order valence-corrected chi connectivity index (χ1v) is 10.5. The van der Waals surface area contributed by atoms with Crippen molar-refractivity contribution in [3.05, 3.63) is 48.5 Å². The summed E-state index contributed by atoms with van der Waals surface area (Å²) in [6.45, 7) is 0.300. The van der Waals surface area contributed by atoms with Crippen LogP contribution in [0.5, 0.6) is 5.75 Å². The van der Waals surface area contributed by atoms with Crippen molar-refractivity contribution in [2.45, 2.75) is 11.6 Å². The number of carbonyl (C=O) groups is 2. The highest BCUT2D eigenvalue weighted by atomic mass is 32.2. The summed E-state index contributed by atoms with van der Waals surface area (Å²) in [5.41, 5.74) is 2.02. The second kappa shape index (κ2) is 8.54. The molecule has 2 heterocycles. The van der Waals surface area contributed by atoms with Gasteiger partial charge >= 0.3 is 0 Å². The van der Waals surface area contributed by atoms with Crippen LogP contribution in [0.4, 0.5) is 11.4 Å². The summed E-state index contributed by atoms with van der Waals surface area (Å²) in [4.78, 5) is 27.0. The highest BCUT2D eigenvalue weighted by Crippen LogP contribution is 2.33. The van der Waals surface area contributed by atoms with E-state index in [1.807, 2.05) is 36.6 Å². The monoisotopic (exact) mass is 424 g/mol. The molecule has 3 aromatic rings. The summed E-state index contributed by atoms with van der Waals surface area (Å²) >= 11 is 1.42. The van der Waals surface area contributed by atoms with Gasteiger partial charge in [0.25, 0.3) is 0 Å². The topological polar surface area (TPSA) is 102 Å². The molecule has 1 fully saturated rings. The Labute approximate surface area is 177 Å². The number of methoxy groups -OCH3 is 1. The number of hydrogen-bond donors (Lipinski definition) is 1. The molecular weight excluding hydrogens is 404 g/mol. The van der Waals surface area contributed by atoms with Crippen molar-refractivity contribution >= 4 is 35.0 Å². The molecule has 10 heteroatoms. The quantitative estimate of drug-likeness (QED) is 0.606. The van der Waals surface area contributed by atoms with E-state index in [9.17, 15) is 9.59 Å². The molecule has 154 valence electrons. The van der Waals surface area contributed by atoms with E-state index in [1.165, 1.54) is 11.8 Å². The Kier molecular flexibility index (Phi) is 5.66. The SMILES string of the molecule is COc1ccccc1N1CC(C(=O)Nc2cccc(-n3nnnc3SC)c2)CC1=O. The van der Waals surface area contributed by atoms with Gasteiger partial charge in [0.2, 0.25) is 17.0 Å². The molecule has 1 unspecified atom stereocenters. The van der Waals surface area contributed by atoms with Crippen LogP contribution >= 0.6 is 11.8 Å². The van der Waals surface area contributed by atoms with E-state index < -0.39 is 5.92 Å². The van der Waals surface area contributed by atoms with Gasteiger partial charge in [-0.2, -0.15) is 4.68 Å². The molecule has 0 bridgehead atoms. The maximum absolute atomic E-state index is 12.8. The molecule has 0 aliphatic carbocycles. The van der Waals surface area contributed by atoms with Gasteiger partial charge in [0.1, 0.15) is 5.75 Å². The van der Waals surface area contributed by atoms with E-state index in [0.717, 1.165) is 5.69 Å². The summed E-state index contributed by atoms with van der Waals surface area (Å²) in [6.07, 6.45) is 2.03. The Morgan fingerprint density at radius 3 is 2.87 bits per heavy atom. The summed E-state index contributed by atoms with van der Waals surface area (Å²) in [5, 5.41) is 15.2. The number of rotatable bonds is 6. The zero-order valence-electron chi connectivity index (χ0n) is 16.5. The molecule has 0 saturated carbocycles. The fourth-order valence-corrected chi connectivity index (χ4v) is 3.83. The van der Waals surface area contributed by atoms with Gasteiger partial charge in [-0.1, -0.05) is 30.0 Å². The number of nitrogens with one attached hydrogen (secondary N) is 1. The largest absolute Gasteiger partial charge is 0.495 e. The first-order chi connectivity index (χ1) is 14.6. The number of carbonyl (C=O) groups excluding carboxylic acids is 2. The van der Waals surface area contributed by atoms with E-state index in [2.05, 4.69) is 20.8 Å². The third-order valence-electron chi connectivity index (χ3n) is 4.85. The summed E-state index contributed by atoms with van der Waals surface area (Å²) in [6, 6.07) is 14.5. The van der Waals surface area contributed by atoms with Crippen LogP contribution in [0.3, 0.4) is 0 Å². The maximum Gasteiger partial charge on any atom is 0.229 e. The highest BCUT2D eigenvalue weighted by Gasteiger charge is 2.36. The number of thioether (sulfide) groups is 1. The van der Waals surface area contributed by atoms with E-state index in [-0.39, 0.29) is 18.2 Å². The first kappa shape index (κ1) is 19.9. The van der Waals surface area contributed by atoms with Gasteiger partial charge in [-0.25, -0.2) is 0 Å². The Balaban J connectivity index is 1.49. The molecule has 2 amide bonds. The van der Waals surface area contributed by atoms with E-state index in [1.54, 1.807) is 34.9 Å². The zero-order valence-corrected chi connectivity index (χ0v) is 17.3. The van der Waals surface area contributed by atoms with Crippen LogP contribution in [0.15, 0.2) is 53.7 Å². The lowest BCUT2D eigenvalue weighted by molar-refractivity contribution is -0.122. The van der Waals surface area contributed by atoms with Crippen LogP contribution in [0.2, 0.25) is 0 Å². The van der Waals surface area contributed by atoms with Crippen molar-refractivity contribution in [1.29, 1.82) is 0 Å². The predicted octanol–water partition coefficient (Wildman–Crippen LogP) is 2.38. The van der Waals surface area contributed by atoms with Gasteiger partial charge in [-0.3, -0.25) is 9.59 Å². The van der Waals surface area contributed by atoms with Crippen LogP contribution in [-0.2, 0) is 9.59 Å². The van der Waals surface area contributed by atoms with E-state index in [4.69, 9.17) is 4.74 Å². The van der Waals surface area contributed by atoms with Crippen molar-refractivity contribution in [3.63, 3.8) is 0 Å². The minimum Gasteiger partial charge on any atom is -0.495 e. The second-order valence-electron chi connectivity index (χ2n) is 6.69. The molecule has 1 N–H and O–H groups in total. The summed E-state index contributed by atoms with van der Waals surface area (Å²) in [7, 11) is 1.56. The number of nitrogens with zero attached hydrogens (tertiary/aromatic N) is 5. The molecule has 0 radical (unpaired) electrons. The van der Waals surface area contributed by atoms with Gasteiger partial charge in [-0.05, 0) is 47.0 Å². The third-order valence-corrected chi connectivity index (χ3v) is 5.47. The van der Waals surface area contributed by atoms with Crippen molar-refractivity contribution in [2.75, 3.05) is 30.1 Å². The number of aromatic nitrogens is 4. The van der Waals surface area contributed by atoms with E-state index >= 15 is 0 Å². The maximum atomic E-state index is 12.8. The predicted molar refractivity (Wildman–Crippen MR) is 113 cm³/mol. The fraction of sp³-hybridized carbons (Fsp3) is 0.250. The molecule has 1 aromatic heterocycles. The van der Waals surface area contributed by atoms with Crippen LogP contribution in [0, 0.1) is 5.92 Å². The molecule has 30 heavy (non-hydrogen) atoms. The number of anilines is 2. The average Bonchev–Trinajstić information content (AvgIpc) is 3.40. The normalized spacial score (nSPS) is 16.0. The minimum absolute atomic E-state index is 0.105. The number of para-hydroxylation sites is 2. The number of benzene rings is 2. The Bertz CT molecular complexity index is 1090. The van der Waals surface area contributed by atoms with Crippen LogP contribution < -0.4 is 15.0 Å². The lowest BCUT2D eigenvalue weighted by Gasteiger charge is -2.19. The smallest absolute Gasteiger partial charge is 0.229 e. The van der Waals surface area contributed by atoms with Crippen molar-refractivity contribution < 1.29 is 14.3 Å². The zero-order chi connectivity index (χ0) is 21.1. The van der Waals surface area contributed by atoms with Gasteiger partial charge in [-0.15, -0.1) is 5.10 Å². The van der Waals surface area contributed by atoms with Crippen LogP contribution in [0.25, 0.3) is 5.69 Å². The van der Waals surface area contributed by atoms with Crippen LogP contribution in [-0.4, -0.2) is 51.9 Å². The Morgan fingerprint density at radius 2 is 2.07 bits per heavy atom. The molecule has 9 nitrogen and oxygen atoms in total. The van der Waals surface area contributed by atoms with Gasteiger partial charge in [0.05, 0.1) is 24.4 Å². The lowest BCUT2D eigenvalue weighted by atomic mass is 10.1. The highest BCUT2D eigenvalue weighted by molar-refractivity contribution is 7.98. The van der Waals surface area contributed by atoms with Crippen LogP contribution in [0.1, 0.15) is 6.42 Å². The fourth-order valence-electron chi connectivity index (χ4n) is 3.40. The Morgan fingerprint density at radius 1 is 1.23 bits per heavy atom. The lowest BCUT2D eigenvalue weighted by Crippen LogP contribution is -2.28. The first-order valence-electron chi connectivity index (χ1n) is 9.27. The van der Waals surface area contributed by atoms with Gasteiger partial charge in [0.15, 0.2) is 0 Å². The molecule has 1 aliphatic heterocycles. The molecular formula is C20H20N6O3S. The van der Waals surface area contributed by atoms with Crippen molar-refractivity contribution in [1.82, 2.24) is 20.2 Å². The van der Waals surface area contributed by atoms with Gasteiger partial charge < -0.3 is 15.0 Å².